The Bertz CT molecular complexity index is 985. The first kappa shape index (κ1) is 27.7. The molecule has 0 saturated heterocycles. The summed E-state index contributed by atoms with van der Waals surface area (Å²) in [6.07, 6.45) is 9.08. The zero-order valence-corrected chi connectivity index (χ0v) is 22.8. The van der Waals surface area contributed by atoms with E-state index in [9.17, 15) is 18.3 Å². The molecule has 0 aromatic rings. The van der Waals surface area contributed by atoms with Crippen LogP contribution in [0.25, 0.3) is 10.4 Å². The van der Waals surface area contributed by atoms with Crippen LogP contribution in [0, 0.1) is 46.3 Å². The summed E-state index contributed by atoms with van der Waals surface area (Å²) < 4.78 is 30.5. The Morgan fingerprint density at radius 3 is 2.53 bits per heavy atom. The van der Waals surface area contributed by atoms with Crippen LogP contribution in [0.15, 0.2) is 5.11 Å². The van der Waals surface area contributed by atoms with E-state index in [1.54, 1.807) is 0 Å². The second-order valence-electron chi connectivity index (χ2n) is 12.8. The second-order valence-corrected chi connectivity index (χ2v) is 14.4. The molecule has 0 spiro atoms. The maximum atomic E-state index is 12.2. The number of nitrogens with zero attached hydrogens (tertiary/aromatic N) is 3. The summed E-state index contributed by atoms with van der Waals surface area (Å²) in [5.74, 6) is 1.98. The molecule has 10 atom stereocenters. The minimum Gasteiger partial charge on any atom is -0.393 e. The van der Waals surface area contributed by atoms with Gasteiger partial charge >= 0.3 is 0 Å². The maximum absolute atomic E-state index is 12.2. The van der Waals surface area contributed by atoms with Crippen LogP contribution in [-0.4, -0.2) is 48.4 Å². The third-order valence-corrected chi connectivity index (χ3v) is 11.9. The van der Waals surface area contributed by atoms with E-state index >= 15 is 0 Å². The smallest absolute Gasteiger partial charge is 0.266 e. The molecule has 0 radical (unpaired) electrons. The van der Waals surface area contributed by atoms with Crippen LogP contribution in [0.4, 0.5) is 0 Å². The number of nitrogens with one attached hydrogen (secondary N) is 1. The first-order valence-corrected chi connectivity index (χ1v) is 15.4. The highest BCUT2D eigenvalue weighted by Crippen LogP contribution is 2.68. The van der Waals surface area contributed by atoms with E-state index in [2.05, 4.69) is 36.1 Å². The molecule has 0 aromatic heterocycles. The predicted molar refractivity (Wildman–Crippen MR) is 137 cm³/mol. The van der Waals surface area contributed by atoms with Gasteiger partial charge in [-0.3, -0.25) is 9.35 Å². The van der Waals surface area contributed by atoms with Gasteiger partial charge in [-0.25, -0.2) is 0 Å². The fourth-order valence-electron chi connectivity index (χ4n) is 9.32. The van der Waals surface area contributed by atoms with Gasteiger partial charge in [0.05, 0.1) is 11.9 Å². The number of azide groups is 1. The lowest BCUT2D eigenvalue weighted by atomic mass is 9.43. The topological polar surface area (TPSA) is 152 Å². The molecule has 4 aliphatic carbocycles. The summed E-state index contributed by atoms with van der Waals surface area (Å²) in [6.45, 7) is 7.03. The van der Waals surface area contributed by atoms with Gasteiger partial charge in [0.15, 0.2) is 0 Å². The van der Waals surface area contributed by atoms with Gasteiger partial charge in [0.2, 0.25) is 5.91 Å². The third kappa shape index (κ3) is 5.29. The molecule has 0 aliphatic heterocycles. The van der Waals surface area contributed by atoms with Crippen molar-refractivity contribution in [3.63, 3.8) is 0 Å². The largest absolute Gasteiger partial charge is 0.393 e. The van der Waals surface area contributed by atoms with Gasteiger partial charge in [0.1, 0.15) is 0 Å². The molecular weight excluding hydrogens is 480 g/mol. The van der Waals surface area contributed by atoms with Crippen LogP contribution in [0.2, 0.25) is 0 Å². The lowest BCUT2D eigenvalue weighted by Crippen LogP contribution is -2.58. The van der Waals surface area contributed by atoms with Crippen LogP contribution < -0.4 is 5.32 Å². The van der Waals surface area contributed by atoms with Crippen LogP contribution in [0.1, 0.15) is 85.0 Å². The van der Waals surface area contributed by atoms with Crippen LogP contribution >= 0.6 is 0 Å². The van der Waals surface area contributed by atoms with Crippen LogP contribution in [0.5, 0.6) is 0 Å². The predicted octanol–water partition coefficient (Wildman–Crippen LogP) is 4.72. The van der Waals surface area contributed by atoms with Gasteiger partial charge in [-0.15, -0.1) is 0 Å². The summed E-state index contributed by atoms with van der Waals surface area (Å²) >= 11 is 0. The lowest BCUT2D eigenvalue weighted by Gasteiger charge is -2.62. The van der Waals surface area contributed by atoms with Crippen LogP contribution in [-0.2, 0) is 14.9 Å². The summed E-state index contributed by atoms with van der Waals surface area (Å²) in [5.41, 5.74) is 9.28. The molecule has 0 heterocycles. The number of carbonyl (C=O) groups excluding carboxylic acids is 1. The Balaban J connectivity index is 1.39. The Labute approximate surface area is 215 Å². The molecule has 4 fully saturated rings. The molecule has 4 saturated carbocycles. The number of carbonyl (C=O) groups is 1. The minimum atomic E-state index is -4.07. The molecule has 36 heavy (non-hydrogen) atoms. The van der Waals surface area contributed by atoms with Crippen molar-refractivity contribution in [3.05, 3.63) is 10.4 Å². The Kier molecular flexibility index (Phi) is 8.02. The van der Waals surface area contributed by atoms with Gasteiger partial charge in [-0.05, 0) is 110 Å². The molecule has 204 valence electrons. The van der Waals surface area contributed by atoms with Crippen LogP contribution in [0.3, 0.4) is 0 Å². The molecule has 0 aromatic carbocycles. The molecule has 3 N–H and O–H groups in total. The number of rotatable bonds is 8. The molecule has 10 heteroatoms. The number of fused-ring (bicyclic) bond motifs is 5. The average molecular weight is 525 g/mol. The molecule has 4 rings (SSSR count). The SMILES string of the molecule is C[C@H](CCC(=O)NCCS(=O)(=O)O)[C@H]1CC[C@H]2C3[C@@H](O)CC4CC(N=[N+]=[N-])CC[C@]4(C)[C@H]3CC[C@]12C. The number of aliphatic hydroxyl groups excluding tert-OH is 1. The molecule has 9 nitrogen and oxygen atoms in total. The standard InChI is InChI=1S/C26H44N4O5S/c1-16(4-7-23(32)28-12-13-36(33,34)35)19-5-6-20-24-21(9-11-26(19,20)3)25(2)10-8-18(29-30-27)14-17(25)15-22(24)31/h16-22,24,31H,4-15H2,1-3H3,(H,28,32)(H,33,34,35)/t16-,17?,18?,19-,20+,21+,22+,24?,25+,26-/m1/s1. The number of hydrogen-bond donors (Lipinski definition) is 3. The molecule has 0 bridgehead atoms. The normalized spacial score (nSPS) is 42.9. The van der Waals surface area contributed by atoms with Gasteiger partial charge in [-0.1, -0.05) is 25.9 Å². The number of hydrogen-bond acceptors (Lipinski definition) is 5. The quantitative estimate of drug-likeness (QED) is 0.182. The van der Waals surface area contributed by atoms with Crippen molar-refractivity contribution < 1.29 is 22.9 Å². The fraction of sp³-hybridized carbons (Fsp3) is 0.962. The van der Waals surface area contributed by atoms with Crippen molar-refractivity contribution in [3.8, 4) is 0 Å². The maximum Gasteiger partial charge on any atom is 0.266 e. The summed E-state index contributed by atoms with van der Waals surface area (Å²) in [4.78, 5) is 15.3. The highest BCUT2D eigenvalue weighted by molar-refractivity contribution is 7.85. The monoisotopic (exact) mass is 524 g/mol. The molecular formula is C26H44N4O5S. The van der Waals surface area contributed by atoms with Gasteiger partial charge in [0, 0.05) is 23.9 Å². The summed E-state index contributed by atoms with van der Waals surface area (Å²) in [5, 5.41) is 18.1. The highest BCUT2D eigenvalue weighted by atomic mass is 32.2. The third-order valence-electron chi connectivity index (χ3n) is 11.1. The number of aliphatic hydroxyl groups is 1. The Morgan fingerprint density at radius 1 is 1.14 bits per heavy atom. The molecule has 1 amide bonds. The first-order chi connectivity index (χ1) is 16.9. The van der Waals surface area contributed by atoms with Gasteiger partial charge in [-0.2, -0.15) is 8.42 Å². The zero-order chi connectivity index (χ0) is 26.3. The zero-order valence-electron chi connectivity index (χ0n) is 22.0. The summed E-state index contributed by atoms with van der Waals surface area (Å²) in [7, 11) is -4.07. The lowest BCUT2D eigenvalue weighted by molar-refractivity contribution is -0.166. The van der Waals surface area contributed by atoms with Crippen molar-refractivity contribution in [1.82, 2.24) is 5.32 Å². The summed E-state index contributed by atoms with van der Waals surface area (Å²) in [6, 6.07) is 0.0626. The van der Waals surface area contributed by atoms with E-state index in [-0.39, 0.29) is 35.4 Å². The van der Waals surface area contributed by atoms with Crippen molar-refractivity contribution in [2.45, 2.75) is 97.1 Å². The number of amides is 1. The fourth-order valence-corrected chi connectivity index (χ4v) is 9.68. The van der Waals surface area contributed by atoms with Gasteiger partial charge in [0.25, 0.3) is 10.1 Å². The van der Waals surface area contributed by atoms with Crippen molar-refractivity contribution in [2.24, 2.45) is 51.5 Å². The van der Waals surface area contributed by atoms with E-state index in [4.69, 9.17) is 10.1 Å². The van der Waals surface area contributed by atoms with E-state index < -0.39 is 15.9 Å². The Hall–Kier alpha value is -1.35. The van der Waals surface area contributed by atoms with E-state index in [0.717, 1.165) is 57.8 Å². The van der Waals surface area contributed by atoms with E-state index in [1.807, 2.05) is 0 Å². The van der Waals surface area contributed by atoms with E-state index in [0.29, 0.717) is 41.9 Å². The second kappa shape index (κ2) is 10.4. The molecule has 3 unspecified atom stereocenters. The molecule has 4 aliphatic rings. The van der Waals surface area contributed by atoms with Crippen molar-refractivity contribution in [2.75, 3.05) is 12.3 Å². The first-order valence-electron chi connectivity index (χ1n) is 13.8. The van der Waals surface area contributed by atoms with Crippen molar-refractivity contribution in [1.29, 1.82) is 0 Å². The Morgan fingerprint density at radius 2 is 1.83 bits per heavy atom. The highest BCUT2D eigenvalue weighted by Gasteiger charge is 2.62. The van der Waals surface area contributed by atoms with E-state index in [1.165, 1.54) is 0 Å². The van der Waals surface area contributed by atoms with Crippen molar-refractivity contribution >= 4 is 16.0 Å². The van der Waals surface area contributed by atoms with Gasteiger partial charge < -0.3 is 10.4 Å². The minimum absolute atomic E-state index is 0.0626. The average Bonchev–Trinajstić information content (AvgIpc) is 3.15.